The van der Waals surface area contributed by atoms with Crippen LogP contribution in [0, 0.1) is 6.92 Å². The molecule has 0 saturated carbocycles. The number of benzene rings is 1. The van der Waals surface area contributed by atoms with Gasteiger partial charge in [-0.1, -0.05) is 18.2 Å². The lowest BCUT2D eigenvalue weighted by Crippen LogP contribution is -2.23. The van der Waals surface area contributed by atoms with E-state index in [4.69, 9.17) is 5.73 Å². The summed E-state index contributed by atoms with van der Waals surface area (Å²) in [6.45, 7) is 2.36. The van der Waals surface area contributed by atoms with E-state index in [2.05, 4.69) is 4.98 Å². The van der Waals surface area contributed by atoms with E-state index in [1.807, 2.05) is 31.2 Å². The first kappa shape index (κ1) is 10.4. The Morgan fingerprint density at radius 2 is 2.12 bits per heavy atom. The number of nitrogens with two attached hydrogens (primary N) is 1. The minimum atomic E-state index is -0.256. The molecule has 0 unspecified atom stereocenters. The Balaban J connectivity index is 2.38. The molecule has 0 aliphatic heterocycles. The third kappa shape index (κ3) is 2.11. The normalized spacial score (nSPS) is 10.3. The molecule has 0 fully saturated rings. The van der Waals surface area contributed by atoms with Gasteiger partial charge in [-0.05, 0) is 24.1 Å². The maximum Gasteiger partial charge on any atom is 0.347 e. The van der Waals surface area contributed by atoms with Gasteiger partial charge in [-0.3, -0.25) is 4.57 Å². The van der Waals surface area contributed by atoms with Crippen LogP contribution in [0.25, 0.3) is 0 Å². The van der Waals surface area contributed by atoms with Crippen LogP contribution >= 0.6 is 0 Å². The molecule has 4 heteroatoms. The second kappa shape index (κ2) is 4.18. The van der Waals surface area contributed by atoms with Gasteiger partial charge in [0.1, 0.15) is 0 Å². The van der Waals surface area contributed by atoms with Crippen molar-refractivity contribution in [2.75, 3.05) is 5.73 Å². The van der Waals surface area contributed by atoms with Crippen molar-refractivity contribution in [1.82, 2.24) is 9.55 Å². The fourth-order valence-electron chi connectivity index (χ4n) is 1.54. The number of hydrogen-bond acceptors (Lipinski definition) is 3. The summed E-state index contributed by atoms with van der Waals surface area (Å²) in [5, 5.41) is 0. The highest BCUT2D eigenvalue weighted by Crippen LogP contribution is 2.11. The van der Waals surface area contributed by atoms with E-state index < -0.39 is 0 Å². The summed E-state index contributed by atoms with van der Waals surface area (Å²) in [6.07, 6.45) is 3.34. The van der Waals surface area contributed by atoms with Gasteiger partial charge in [-0.2, -0.15) is 0 Å². The van der Waals surface area contributed by atoms with Crippen LogP contribution in [0.2, 0.25) is 0 Å². The molecule has 1 heterocycles. The summed E-state index contributed by atoms with van der Waals surface area (Å²) in [7, 11) is 0. The maximum atomic E-state index is 11.5. The summed E-state index contributed by atoms with van der Waals surface area (Å²) in [5.74, 6) is 0. The van der Waals surface area contributed by atoms with Crippen LogP contribution in [0.4, 0.5) is 5.69 Å². The van der Waals surface area contributed by atoms with Crippen molar-refractivity contribution in [1.29, 1.82) is 0 Å². The van der Waals surface area contributed by atoms with Gasteiger partial charge in [0.25, 0.3) is 0 Å². The van der Waals surface area contributed by atoms with Crippen molar-refractivity contribution in [3.8, 4) is 0 Å². The van der Waals surface area contributed by atoms with Crippen LogP contribution in [-0.4, -0.2) is 9.55 Å². The fraction of sp³-hybridized carbons (Fsp3) is 0.167. The van der Waals surface area contributed by atoms with Gasteiger partial charge < -0.3 is 5.73 Å². The van der Waals surface area contributed by atoms with Gasteiger partial charge in [0.05, 0.1) is 6.54 Å². The number of hydrogen-bond donors (Lipinski definition) is 1. The summed E-state index contributed by atoms with van der Waals surface area (Å²) >= 11 is 0. The maximum absolute atomic E-state index is 11.5. The quantitative estimate of drug-likeness (QED) is 0.765. The molecule has 2 rings (SSSR count). The Morgan fingerprint density at radius 1 is 1.38 bits per heavy atom. The molecule has 2 N–H and O–H groups in total. The van der Waals surface area contributed by atoms with Crippen molar-refractivity contribution in [2.45, 2.75) is 13.5 Å². The molecule has 2 aromatic rings. The third-order valence-corrected chi connectivity index (χ3v) is 2.38. The molecule has 1 aromatic heterocycles. The van der Waals surface area contributed by atoms with Crippen LogP contribution in [0.3, 0.4) is 0 Å². The molecular formula is C12H13N3O. The topological polar surface area (TPSA) is 60.9 Å². The number of para-hydroxylation sites is 1. The summed E-state index contributed by atoms with van der Waals surface area (Å²) in [4.78, 5) is 15.3. The Labute approximate surface area is 93.4 Å². The predicted molar refractivity (Wildman–Crippen MR) is 63.2 cm³/mol. The minimum absolute atomic E-state index is 0.256. The first-order valence-corrected chi connectivity index (χ1v) is 5.03. The predicted octanol–water partition coefficient (Wildman–Crippen LogP) is 1.18. The van der Waals surface area contributed by atoms with E-state index >= 15 is 0 Å². The van der Waals surface area contributed by atoms with Crippen molar-refractivity contribution >= 4 is 5.69 Å². The molecule has 4 nitrogen and oxygen atoms in total. The lowest BCUT2D eigenvalue weighted by atomic mass is 10.2. The first-order chi connectivity index (χ1) is 7.66. The number of aryl methyl sites for hydroxylation is 1. The van der Waals surface area contributed by atoms with E-state index in [0.29, 0.717) is 12.2 Å². The van der Waals surface area contributed by atoms with Crippen LogP contribution in [0.1, 0.15) is 11.1 Å². The van der Waals surface area contributed by atoms with Crippen molar-refractivity contribution in [2.24, 2.45) is 0 Å². The number of rotatable bonds is 2. The van der Waals surface area contributed by atoms with Gasteiger partial charge >= 0.3 is 5.69 Å². The number of anilines is 1. The molecule has 0 saturated heterocycles. The van der Waals surface area contributed by atoms with Crippen molar-refractivity contribution < 1.29 is 0 Å². The minimum Gasteiger partial charge on any atom is -0.398 e. The first-order valence-electron chi connectivity index (χ1n) is 5.03. The molecule has 0 spiro atoms. The zero-order valence-electron chi connectivity index (χ0n) is 9.05. The van der Waals surface area contributed by atoms with E-state index in [0.717, 1.165) is 11.1 Å². The molecule has 0 atom stereocenters. The molecule has 16 heavy (non-hydrogen) atoms. The highest BCUT2D eigenvalue weighted by atomic mass is 16.1. The second-order valence-electron chi connectivity index (χ2n) is 3.74. The van der Waals surface area contributed by atoms with Gasteiger partial charge in [-0.25, -0.2) is 9.78 Å². The largest absolute Gasteiger partial charge is 0.398 e. The van der Waals surface area contributed by atoms with Gasteiger partial charge in [0.15, 0.2) is 0 Å². The summed E-state index contributed by atoms with van der Waals surface area (Å²) in [5.41, 5.74) is 8.14. The zero-order valence-corrected chi connectivity index (χ0v) is 9.05. The standard InChI is InChI=1S/C12H13N3O/c1-9-6-14-12(16)15(7-9)8-10-4-2-3-5-11(10)13/h2-7H,8,13H2,1H3. The van der Waals surface area contributed by atoms with Gasteiger partial charge in [-0.15, -0.1) is 0 Å². The molecule has 1 aromatic carbocycles. The molecule has 82 valence electrons. The van der Waals surface area contributed by atoms with E-state index in [9.17, 15) is 4.79 Å². The molecule has 0 aliphatic rings. The number of nitrogen functional groups attached to an aromatic ring is 1. The lowest BCUT2D eigenvalue weighted by Gasteiger charge is -2.07. The molecule has 0 amide bonds. The number of aromatic nitrogens is 2. The van der Waals surface area contributed by atoms with Crippen molar-refractivity contribution in [3.05, 3.63) is 58.3 Å². The Morgan fingerprint density at radius 3 is 2.88 bits per heavy atom. The number of nitrogens with zero attached hydrogens (tertiary/aromatic N) is 2. The smallest absolute Gasteiger partial charge is 0.347 e. The fourth-order valence-corrected chi connectivity index (χ4v) is 1.54. The Kier molecular flexibility index (Phi) is 2.72. The van der Waals surface area contributed by atoms with Crippen LogP contribution in [0.15, 0.2) is 41.5 Å². The molecule has 0 radical (unpaired) electrons. The van der Waals surface area contributed by atoms with E-state index in [1.54, 1.807) is 17.0 Å². The second-order valence-corrected chi connectivity index (χ2v) is 3.74. The Hall–Kier alpha value is -2.10. The highest BCUT2D eigenvalue weighted by Gasteiger charge is 2.01. The lowest BCUT2D eigenvalue weighted by molar-refractivity contribution is 0.722. The monoisotopic (exact) mass is 215 g/mol. The Bertz CT molecular complexity index is 560. The van der Waals surface area contributed by atoms with E-state index in [-0.39, 0.29) is 5.69 Å². The van der Waals surface area contributed by atoms with Gasteiger partial charge in [0.2, 0.25) is 0 Å². The summed E-state index contributed by atoms with van der Waals surface area (Å²) in [6, 6.07) is 7.50. The highest BCUT2D eigenvalue weighted by molar-refractivity contribution is 5.46. The average Bonchev–Trinajstić information content (AvgIpc) is 2.27. The molecule has 0 bridgehead atoms. The third-order valence-electron chi connectivity index (χ3n) is 2.38. The van der Waals surface area contributed by atoms with Gasteiger partial charge in [0, 0.05) is 18.1 Å². The van der Waals surface area contributed by atoms with Crippen LogP contribution < -0.4 is 11.4 Å². The van der Waals surface area contributed by atoms with Crippen LogP contribution in [-0.2, 0) is 6.54 Å². The van der Waals surface area contributed by atoms with E-state index in [1.165, 1.54) is 0 Å². The van der Waals surface area contributed by atoms with Crippen LogP contribution in [0.5, 0.6) is 0 Å². The average molecular weight is 215 g/mol. The van der Waals surface area contributed by atoms with Crippen molar-refractivity contribution in [3.63, 3.8) is 0 Å². The molecule has 0 aliphatic carbocycles. The zero-order chi connectivity index (χ0) is 11.5. The summed E-state index contributed by atoms with van der Waals surface area (Å²) < 4.78 is 1.56. The SMILES string of the molecule is Cc1cnc(=O)n(Cc2ccccc2N)c1. The molecular weight excluding hydrogens is 202 g/mol.